The summed E-state index contributed by atoms with van der Waals surface area (Å²) >= 11 is 0. The zero-order valence-electron chi connectivity index (χ0n) is 16.7. The molecule has 28 heavy (non-hydrogen) atoms. The zero-order valence-corrected chi connectivity index (χ0v) is 16.7. The molecule has 2 aliphatic heterocycles. The Hall–Kier alpha value is -2.66. The zero-order chi connectivity index (χ0) is 20.1. The first-order valence-electron chi connectivity index (χ1n) is 9.89. The maximum Gasteiger partial charge on any atom is 0.273 e. The molecule has 1 aromatic carbocycles. The van der Waals surface area contributed by atoms with Crippen LogP contribution in [-0.2, 0) is 6.42 Å². The van der Waals surface area contributed by atoms with Gasteiger partial charge in [-0.1, -0.05) is 24.3 Å². The maximum absolute atomic E-state index is 11.5. The molecule has 0 unspecified atom stereocenters. The number of benzene rings is 1. The molecule has 0 aliphatic carbocycles. The second-order valence-electron chi connectivity index (χ2n) is 7.34. The molecule has 0 amide bonds. The van der Waals surface area contributed by atoms with Crippen LogP contribution in [0.4, 0.5) is 5.69 Å². The van der Waals surface area contributed by atoms with Gasteiger partial charge in [0.2, 0.25) is 0 Å². The van der Waals surface area contributed by atoms with Crippen LogP contribution in [0.5, 0.6) is 5.75 Å². The molecule has 3 rings (SSSR count). The molecule has 5 heteroatoms. The maximum atomic E-state index is 11.5. The number of unbranched alkanes of at least 4 members (excludes halogenated alkanes) is 1. The second-order valence-corrected chi connectivity index (χ2v) is 7.34. The van der Waals surface area contributed by atoms with E-state index in [0.29, 0.717) is 17.9 Å². The standard InChI is InChI=1S/C23H28N2O3/c1-4-17(2)19-12-15-24(16-13-19)14-6-5-7-20-21-9-8-18(3)28-23(21)11-10-22(20)25(26)27/h4,8-12H,3,5-7,13-16H2,1-2H3/b17-4+. The molecule has 0 atom stereocenters. The molecule has 0 aromatic heterocycles. The third-order valence-electron chi connectivity index (χ3n) is 5.55. The van der Waals surface area contributed by atoms with Gasteiger partial charge in [0, 0.05) is 30.3 Å². The minimum absolute atomic E-state index is 0.173. The fourth-order valence-electron chi connectivity index (χ4n) is 3.78. The van der Waals surface area contributed by atoms with Crippen LogP contribution in [0, 0.1) is 10.1 Å². The summed E-state index contributed by atoms with van der Waals surface area (Å²) in [7, 11) is 0. The second kappa shape index (κ2) is 9.02. The Balaban J connectivity index is 1.59. The number of nitro groups is 1. The largest absolute Gasteiger partial charge is 0.457 e. The molecule has 2 heterocycles. The normalized spacial score (nSPS) is 17.1. The van der Waals surface area contributed by atoms with Crippen molar-refractivity contribution >= 4 is 11.8 Å². The molecular weight excluding hydrogens is 352 g/mol. The summed E-state index contributed by atoms with van der Waals surface area (Å²) in [5, 5.41) is 11.5. The molecule has 5 nitrogen and oxygen atoms in total. The van der Waals surface area contributed by atoms with Crippen molar-refractivity contribution in [3.05, 3.63) is 75.1 Å². The van der Waals surface area contributed by atoms with Gasteiger partial charge in [-0.05, 0) is 69.9 Å². The monoisotopic (exact) mass is 380 g/mol. The Morgan fingerprint density at radius 2 is 2.18 bits per heavy atom. The van der Waals surface area contributed by atoms with Crippen LogP contribution >= 0.6 is 0 Å². The van der Waals surface area contributed by atoms with Gasteiger partial charge in [0.1, 0.15) is 11.5 Å². The number of rotatable bonds is 7. The molecule has 0 bridgehead atoms. The smallest absolute Gasteiger partial charge is 0.273 e. The first-order chi connectivity index (χ1) is 13.5. The van der Waals surface area contributed by atoms with Crippen LogP contribution in [-0.4, -0.2) is 29.5 Å². The van der Waals surface area contributed by atoms with Crippen molar-refractivity contribution in [3.63, 3.8) is 0 Å². The van der Waals surface area contributed by atoms with Gasteiger partial charge in [0.15, 0.2) is 0 Å². The lowest BCUT2D eigenvalue weighted by molar-refractivity contribution is -0.385. The third kappa shape index (κ3) is 4.60. The highest BCUT2D eigenvalue weighted by Crippen LogP contribution is 2.36. The van der Waals surface area contributed by atoms with Crippen LogP contribution in [0.3, 0.4) is 0 Å². The van der Waals surface area contributed by atoms with E-state index >= 15 is 0 Å². The van der Waals surface area contributed by atoms with Crippen LogP contribution in [0.2, 0.25) is 0 Å². The van der Waals surface area contributed by atoms with E-state index in [1.807, 2.05) is 6.08 Å². The molecule has 148 valence electrons. The average molecular weight is 380 g/mol. The molecule has 1 aromatic rings. The van der Waals surface area contributed by atoms with Crippen molar-refractivity contribution in [2.24, 2.45) is 0 Å². The van der Waals surface area contributed by atoms with E-state index in [-0.39, 0.29) is 10.6 Å². The summed E-state index contributed by atoms with van der Waals surface area (Å²) in [6.45, 7) is 11.1. The summed E-state index contributed by atoms with van der Waals surface area (Å²) in [4.78, 5) is 13.6. The van der Waals surface area contributed by atoms with Crippen molar-refractivity contribution in [2.75, 3.05) is 19.6 Å². The average Bonchev–Trinajstić information content (AvgIpc) is 2.70. The molecular formula is C23H28N2O3. The van der Waals surface area contributed by atoms with Gasteiger partial charge in [-0.25, -0.2) is 0 Å². The topological polar surface area (TPSA) is 55.6 Å². The van der Waals surface area contributed by atoms with Crippen molar-refractivity contribution in [1.29, 1.82) is 0 Å². The molecule has 0 N–H and O–H groups in total. The third-order valence-corrected chi connectivity index (χ3v) is 5.55. The van der Waals surface area contributed by atoms with Crippen LogP contribution in [0.1, 0.15) is 44.2 Å². The van der Waals surface area contributed by atoms with E-state index in [1.165, 1.54) is 11.1 Å². The quantitative estimate of drug-likeness (QED) is 0.359. The number of hydrogen-bond donors (Lipinski definition) is 0. The molecule has 0 fully saturated rings. The Morgan fingerprint density at radius 1 is 1.36 bits per heavy atom. The van der Waals surface area contributed by atoms with Gasteiger partial charge in [-0.3, -0.25) is 15.0 Å². The number of hydrogen-bond acceptors (Lipinski definition) is 4. The first-order valence-corrected chi connectivity index (χ1v) is 9.89. The first kappa shape index (κ1) is 20.1. The fourth-order valence-corrected chi connectivity index (χ4v) is 3.78. The minimum atomic E-state index is -0.298. The van der Waals surface area contributed by atoms with Crippen molar-refractivity contribution in [3.8, 4) is 5.75 Å². The fraction of sp³-hybridized carbons (Fsp3) is 0.391. The Labute approximate surface area is 166 Å². The van der Waals surface area contributed by atoms with Crippen molar-refractivity contribution < 1.29 is 9.66 Å². The number of nitro benzene ring substituents is 1. The van der Waals surface area contributed by atoms with Gasteiger partial charge in [-0.2, -0.15) is 0 Å². The van der Waals surface area contributed by atoms with E-state index in [4.69, 9.17) is 4.74 Å². The summed E-state index contributed by atoms with van der Waals surface area (Å²) in [6, 6.07) is 3.21. The van der Waals surface area contributed by atoms with Crippen molar-refractivity contribution in [2.45, 2.75) is 39.5 Å². The van der Waals surface area contributed by atoms with E-state index in [9.17, 15) is 10.1 Å². The minimum Gasteiger partial charge on any atom is -0.457 e. The number of fused-ring (bicyclic) bond motifs is 1. The van der Waals surface area contributed by atoms with Gasteiger partial charge in [0.25, 0.3) is 5.69 Å². The van der Waals surface area contributed by atoms with E-state index in [2.05, 4.69) is 37.5 Å². The Morgan fingerprint density at radius 3 is 2.86 bits per heavy atom. The van der Waals surface area contributed by atoms with Crippen molar-refractivity contribution in [1.82, 2.24) is 4.90 Å². The molecule has 0 saturated carbocycles. The number of nitrogens with zero attached hydrogens (tertiary/aromatic N) is 2. The lowest BCUT2D eigenvalue weighted by Gasteiger charge is -2.26. The summed E-state index contributed by atoms with van der Waals surface area (Å²) in [5.41, 5.74) is 4.58. The molecule has 0 saturated heterocycles. The predicted molar refractivity (Wildman–Crippen MR) is 113 cm³/mol. The van der Waals surface area contributed by atoms with Gasteiger partial charge in [0.05, 0.1) is 4.92 Å². The predicted octanol–water partition coefficient (Wildman–Crippen LogP) is 5.44. The summed E-state index contributed by atoms with van der Waals surface area (Å²) < 4.78 is 5.62. The number of ether oxygens (including phenoxy) is 1. The summed E-state index contributed by atoms with van der Waals surface area (Å²) in [5.74, 6) is 1.21. The van der Waals surface area contributed by atoms with Crippen LogP contribution in [0.15, 0.2) is 53.8 Å². The lowest BCUT2D eigenvalue weighted by Crippen LogP contribution is -2.30. The van der Waals surface area contributed by atoms with E-state index in [0.717, 1.165) is 50.0 Å². The molecule has 2 aliphatic rings. The number of allylic oxidation sites excluding steroid dienone is 3. The molecule has 0 spiro atoms. The van der Waals surface area contributed by atoms with Gasteiger partial charge >= 0.3 is 0 Å². The van der Waals surface area contributed by atoms with E-state index < -0.39 is 0 Å². The molecule has 0 radical (unpaired) electrons. The van der Waals surface area contributed by atoms with Crippen LogP contribution in [0.25, 0.3) is 6.08 Å². The van der Waals surface area contributed by atoms with Gasteiger partial charge in [-0.15, -0.1) is 0 Å². The Kier molecular flexibility index (Phi) is 6.47. The Bertz CT molecular complexity index is 865. The highest BCUT2D eigenvalue weighted by Gasteiger charge is 2.22. The highest BCUT2D eigenvalue weighted by atomic mass is 16.6. The van der Waals surface area contributed by atoms with Crippen LogP contribution < -0.4 is 4.74 Å². The van der Waals surface area contributed by atoms with E-state index in [1.54, 1.807) is 18.2 Å². The van der Waals surface area contributed by atoms with Gasteiger partial charge < -0.3 is 4.74 Å². The summed E-state index contributed by atoms with van der Waals surface area (Å²) in [6.07, 6.45) is 11.8. The highest BCUT2D eigenvalue weighted by molar-refractivity contribution is 5.70. The SMILES string of the molecule is C=C1C=Cc2c(ccc([N+](=O)[O-])c2CCCCN2CC=C(/C(C)=C/C)CC2)O1. The lowest BCUT2D eigenvalue weighted by atomic mass is 9.97.